The molecule has 0 radical (unpaired) electrons. The van der Waals surface area contributed by atoms with Crippen LogP contribution in [0.1, 0.15) is 12.6 Å². The Labute approximate surface area is 158 Å². The zero-order chi connectivity index (χ0) is 19.8. The molecule has 1 aliphatic heterocycles. The zero-order valence-electron chi connectivity index (χ0n) is 15.0. The van der Waals surface area contributed by atoms with Crippen LogP contribution in [0.15, 0.2) is 40.3 Å². The van der Waals surface area contributed by atoms with E-state index in [-0.39, 0.29) is 36.0 Å². The van der Waals surface area contributed by atoms with E-state index in [9.17, 15) is 21.2 Å². The molecule has 0 unspecified atom stereocenters. The van der Waals surface area contributed by atoms with E-state index in [1.54, 1.807) is 11.6 Å². The summed E-state index contributed by atoms with van der Waals surface area (Å²) in [5.74, 6) is -0.521. The summed E-state index contributed by atoms with van der Waals surface area (Å²) in [6.07, 6.45) is 1.33. The van der Waals surface area contributed by atoms with Crippen LogP contribution in [0.2, 0.25) is 0 Å². The fourth-order valence-electron chi connectivity index (χ4n) is 3.05. The molecule has 1 saturated heterocycles. The highest BCUT2D eigenvalue weighted by Gasteiger charge is 2.35. The zero-order valence-corrected chi connectivity index (χ0v) is 16.7. The first-order chi connectivity index (χ1) is 12.7. The van der Waals surface area contributed by atoms with E-state index in [1.165, 1.54) is 26.9 Å². The van der Waals surface area contributed by atoms with Gasteiger partial charge in [0.05, 0.1) is 16.8 Å². The van der Waals surface area contributed by atoms with Crippen molar-refractivity contribution in [3.63, 3.8) is 0 Å². The molecule has 2 aromatic rings. The number of hydrogen-bond acceptors (Lipinski definition) is 5. The van der Waals surface area contributed by atoms with Gasteiger partial charge in [0, 0.05) is 32.7 Å². The van der Waals surface area contributed by atoms with E-state index in [1.807, 2.05) is 6.92 Å². The highest BCUT2D eigenvalue weighted by molar-refractivity contribution is 7.89. The van der Waals surface area contributed by atoms with Crippen molar-refractivity contribution in [2.24, 2.45) is 0 Å². The van der Waals surface area contributed by atoms with E-state index < -0.39 is 25.9 Å². The number of halogens is 1. The number of sulfonamides is 2. The maximum Gasteiger partial charge on any atom is 0.246 e. The molecule has 27 heavy (non-hydrogen) atoms. The number of piperazine rings is 1. The molecule has 0 amide bonds. The van der Waals surface area contributed by atoms with Gasteiger partial charge in [0.1, 0.15) is 10.7 Å². The van der Waals surface area contributed by atoms with Gasteiger partial charge in [-0.3, -0.25) is 4.68 Å². The minimum atomic E-state index is -3.79. The van der Waals surface area contributed by atoms with Crippen LogP contribution in [0, 0.1) is 12.7 Å². The van der Waals surface area contributed by atoms with Crippen LogP contribution in [0.5, 0.6) is 0 Å². The smallest absolute Gasteiger partial charge is 0.246 e. The Morgan fingerprint density at radius 2 is 1.48 bits per heavy atom. The molecule has 0 bridgehead atoms. The van der Waals surface area contributed by atoms with Gasteiger partial charge >= 0.3 is 0 Å². The van der Waals surface area contributed by atoms with Gasteiger partial charge in [-0.05, 0) is 38.1 Å². The summed E-state index contributed by atoms with van der Waals surface area (Å²) >= 11 is 0. The molecular weight excluding hydrogens is 395 g/mol. The Bertz CT molecular complexity index is 1020. The topological polar surface area (TPSA) is 92.6 Å². The standard InChI is InChI=1S/C16H21FN4O4S2/c1-3-21-13(2)16(12-18-21)27(24,25)20-10-8-19(9-11-20)26(22,23)15-6-4-14(17)5-7-15/h4-7,12H,3,8-11H2,1-2H3. The molecule has 11 heteroatoms. The number of aromatic nitrogens is 2. The van der Waals surface area contributed by atoms with E-state index in [0.29, 0.717) is 12.2 Å². The van der Waals surface area contributed by atoms with Gasteiger partial charge in [-0.1, -0.05) is 0 Å². The summed E-state index contributed by atoms with van der Waals surface area (Å²) in [5.41, 5.74) is 0.555. The fourth-order valence-corrected chi connectivity index (χ4v) is 6.05. The number of aryl methyl sites for hydroxylation is 1. The Morgan fingerprint density at radius 1 is 0.963 bits per heavy atom. The SMILES string of the molecule is CCn1ncc(S(=O)(=O)N2CCN(S(=O)(=O)c3ccc(F)cc3)CC2)c1C. The number of nitrogens with zero attached hydrogens (tertiary/aromatic N) is 4. The maximum absolute atomic E-state index is 13.0. The lowest BCUT2D eigenvalue weighted by molar-refractivity contribution is 0.272. The lowest BCUT2D eigenvalue weighted by atomic mass is 10.4. The highest BCUT2D eigenvalue weighted by Crippen LogP contribution is 2.23. The third-order valence-corrected chi connectivity index (χ3v) is 8.54. The molecule has 8 nitrogen and oxygen atoms in total. The molecule has 0 aliphatic carbocycles. The number of benzene rings is 1. The Morgan fingerprint density at radius 3 is 1.96 bits per heavy atom. The summed E-state index contributed by atoms with van der Waals surface area (Å²) in [5, 5.41) is 4.07. The Hall–Kier alpha value is -1.82. The Kier molecular flexibility index (Phi) is 5.39. The molecule has 0 N–H and O–H groups in total. The number of rotatable bonds is 5. The molecular formula is C16H21FN4O4S2. The summed E-state index contributed by atoms with van der Waals surface area (Å²) in [6, 6.07) is 4.58. The van der Waals surface area contributed by atoms with Gasteiger partial charge in [-0.15, -0.1) is 0 Å². The molecule has 148 valence electrons. The van der Waals surface area contributed by atoms with E-state index in [0.717, 1.165) is 12.1 Å². The van der Waals surface area contributed by atoms with Crippen LogP contribution in [-0.2, 0) is 26.6 Å². The van der Waals surface area contributed by atoms with Crippen LogP contribution < -0.4 is 0 Å². The van der Waals surface area contributed by atoms with Gasteiger partial charge in [0.25, 0.3) is 0 Å². The van der Waals surface area contributed by atoms with E-state index in [2.05, 4.69) is 5.10 Å². The van der Waals surface area contributed by atoms with Crippen LogP contribution in [0.4, 0.5) is 4.39 Å². The summed E-state index contributed by atoms with van der Waals surface area (Å²) in [6.45, 7) is 4.26. The molecule has 3 rings (SSSR count). The molecule has 0 atom stereocenters. The third kappa shape index (κ3) is 3.64. The quantitative estimate of drug-likeness (QED) is 0.726. The lowest BCUT2D eigenvalue weighted by Gasteiger charge is -2.33. The molecule has 1 aromatic carbocycles. The molecule has 1 fully saturated rings. The van der Waals surface area contributed by atoms with Crippen LogP contribution >= 0.6 is 0 Å². The van der Waals surface area contributed by atoms with Crippen molar-refractivity contribution in [3.8, 4) is 0 Å². The first kappa shape index (κ1) is 19.9. The van der Waals surface area contributed by atoms with Crippen LogP contribution in [0.25, 0.3) is 0 Å². The van der Waals surface area contributed by atoms with Crippen LogP contribution in [-0.4, -0.2) is 61.4 Å². The number of hydrogen-bond donors (Lipinski definition) is 0. The predicted molar refractivity (Wildman–Crippen MR) is 96.6 cm³/mol. The third-order valence-electron chi connectivity index (χ3n) is 4.62. The molecule has 0 saturated carbocycles. The van der Waals surface area contributed by atoms with E-state index >= 15 is 0 Å². The van der Waals surface area contributed by atoms with Crippen LogP contribution in [0.3, 0.4) is 0 Å². The minimum absolute atomic E-state index is 0.0136. The van der Waals surface area contributed by atoms with Gasteiger partial charge in [0.15, 0.2) is 0 Å². The van der Waals surface area contributed by atoms with Crippen molar-refractivity contribution in [1.29, 1.82) is 0 Å². The van der Waals surface area contributed by atoms with Gasteiger partial charge in [-0.2, -0.15) is 13.7 Å². The average molecular weight is 417 g/mol. The second-order valence-corrected chi connectivity index (χ2v) is 10.0. The molecule has 2 heterocycles. The van der Waals surface area contributed by atoms with Gasteiger partial charge < -0.3 is 0 Å². The normalized spacial score (nSPS) is 17.3. The second-order valence-electron chi connectivity index (χ2n) is 6.17. The van der Waals surface area contributed by atoms with E-state index in [4.69, 9.17) is 0 Å². The van der Waals surface area contributed by atoms with Crippen molar-refractivity contribution >= 4 is 20.0 Å². The highest BCUT2D eigenvalue weighted by atomic mass is 32.2. The van der Waals surface area contributed by atoms with Crippen molar-refractivity contribution in [1.82, 2.24) is 18.4 Å². The van der Waals surface area contributed by atoms with Crippen molar-refractivity contribution < 1.29 is 21.2 Å². The summed E-state index contributed by atoms with van der Waals surface area (Å²) in [4.78, 5) is 0.125. The largest absolute Gasteiger partial charge is 0.269 e. The van der Waals surface area contributed by atoms with Gasteiger partial charge in [-0.25, -0.2) is 21.2 Å². The minimum Gasteiger partial charge on any atom is -0.269 e. The maximum atomic E-state index is 13.0. The predicted octanol–water partition coefficient (Wildman–Crippen LogP) is 1.05. The van der Waals surface area contributed by atoms with Crippen molar-refractivity contribution in [3.05, 3.63) is 42.0 Å². The van der Waals surface area contributed by atoms with Gasteiger partial charge in [0.2, 0.25) is 20.0 Å². The molecule has 1 aliphatic rings. The van der Waals surface area contributed by atoms with Crippen molar-refractivity contribution in [2.45, 2.75) is 30.2 Å². The molecule has 1 aromatic heterocycles. The monoisotopic (exact) mass is 416 g/mol. The average Bonchev–Trinajstić information content (AvgIpc) is 3.03. The Balaban J connectivity index is 1.76. The van der Waals surface area contributed by atoms with Crippen molar-refractivity contribution in [2.75, 3.05) is 26.2 Å². The molecule has 0 spiro atoms. The summed E-state index contributed by atoms with van der Waals surface area (Å²) < 4.78 is 68.1. The first-order valence-corrected chi connectivity index (χ1v) is 11.3. The fraction of sp³-hybridized carbons (Fsp3) is 0.438. The first-order valence-electron chi connectivity index (χ1n) is 8.46. The lowest BCUT2D eigenvalue weighted by Crippen LogP contribution is -2.50. The summed E-state index contributed by atoms with van der Waals surface area (Å²) in [7, 11) is -7.53. The second kappa shape index (κ2) is 7.30.